The van der Waals surface area contributed by atoms with E-state index in [2.05, 4.69) is 63.6 Å². The first-order valence-electron chi connectivity index (χ1n) is 17.7. The van der Waals surface area contributed by atoms with Gasteiger partial charge in [0, 0.05) is 24.5 Å². The number of rotatable bonds is 6. The molecule has 2 unspecified atom stereocenters. The van der Waals surface area contributed by atoms with Gasteiger partial charge in [-0.3, -0.25) is 10.00 Å². The van der Waals surface area contributed by atoms with Crippen LogP contribution in [0.2, 0.25) is 0 Å². The van der Waals surface area contributed by atoms with Crippen LogP contribution in [0.5, 0.6) is 0 Å². The summed E-state index contributed by atoms with van der Waals surface area (Å²) < 4.78 is 0. The third kappa shape index (κ3) is 4.61. The summed E-state index contributed by atoms with van der Waals surface area (Å²) in [5.41, 5.74) is 5.40. The molecule has 0 spiro atoms. The first kappa shape index (κ1) is 28.0. The van der Waals surface area contributed by atoms with E-state index in [1.54, 1.807) is 5.57 Å². The number of hydrogen-bond acceptors (Lipinski definition) is 4. The quantitative estimate of drug-likeness (QED) is 0.229. The molecule has 3 heterocycles. The number of anilines is 1. The van der Waals surface area contributed by atoms with E-state index < -0.39 is 0 Å². The van der Waals surface area contributed by atoms with Gasteiger partial charge in [0.1, 0.15) is 0 Å². The second kappa shape index (κ2) is 12.1. The normalized spacial score (nSPS) is 26.1. The highest BCUT2D eigenvalue weighted by Crippen LogP contribution is 2.65. The average molecular weight is 586 g/mol. The van der Waals surface area contributed by atoms with E-state index in [0.29, 0.717) is 23.7 Å². The molecule has 1 N–H and O–H groups in total. The Labute approximate surface area is 262 Å². The molecule has 0 radical (unpaired) electrons. The smallest absolute Gasteiger partial charge is 0.230 e. The molecule has 0 saturated heterocycles. The van der Waals surface area contributed by atoms with E-state index in [1.807, 2.05) is 24.7 Å². The Hall–Kier alpha value is -3.47. The number of aromatic amines is 1. The zero-order valence-electron chi connectivity index (χ0n) is 26.1. The van der Waals surface area contributed by atoms with Gasteiger partial charge in [0.2, 0.25) is 5.95 Å². The lowest BCUT2D eigenvalue weighted by molar-refractivity contribution is 0.115. The maximum absolute atomic E-state index is 5.13. The van der Waals surface area contributed by atoms with E-state index in [4.69, 9.17) is 9.97 Å². The van der Waals surface area contributed by atoms with Gasteiger partial charge in [-0.15, -0.1) is 0 Å². The van der Waals surface area contributed by atoms with Crippen molar-refractivity contribution in [2.45, 2.75) is 102 Å². The molecule has 3 aliphatic carbocycles. The zero-order chi connectivity index (χ0) is 29.3. The molecule has 2 aromatic carbocycles. The molecule has 4 aliphatic rings. The van der Waals surface area contributed by atoms with Crippen LogP contribution in [0.3, 0.4) is 0 Å². The SMILES string of the molecule is c1cnc(N2C(c3ccn[nH]3)=C(C3CCCC3)C(C3CCCCC3)C2(c2cccc3ccccc23)C2CCCCCC2)nc1. The molecule has 44 heavy (non-hydrogen) atoms. The van der Waals surface area contributed by atoms with Crippen molar-refractivity contribution in [2.75, 3.05) is 4.90 Å². The molecular formula is C39H47N5. The van der Waals surface area contributed by atoms with Crippen LogP contribution in [-0.2, 0) is 5.54 Å². The summed E-state index contributed by atoms with van der Waals surface area (Å²) in [5, 5.41) is 10.8. The highest BCUT2D eigenvalue weighted by molar-refractivity contribution is 5.91. The van der Waals surface area contributed by atoms with Crippen molar-refractivity contribution >= 4 is 22.4 Å². The molecule has 0 bridgehead atoms. The van der Waals surface area contributed by atoms with Crippen molar-refractivity contribution in [1.82, 2.24) is 20.2 Å². The van der Waals surface area contributed by atoms with E-state index >= 15 is 0 Å². The van der Waals surface area contributed by atoms with Crippen LogP contribution in [0, 0.1) is 23.7 Å². The van der Waals surface area contributed by atoms with Crippen molar-refractivity contribution in [3.8, 4) is 0 Å². The molecular weight excluding hydrogens is 538 g/mol. The summed E-state index contributed by atoms with van der Waals surface area (Å²) in [5.74, 6) is 3.01. The Kier molecular flexibility index (Phi) is 7.73. The van der Waals surface area contributed by atoms with Crippen molar-refractivity contribution in [3.05, 3.63) is 90.0 Å². The first-order valence-corrected chi connectivity index (χ1v) is 17.7. The van der Waals surface area contributed by atoms with E-state index in [1.165, 1.54) is 118 Å². The predicted molar refractivity (Wildman–Crippen MR) is 179 cm³/mol. The monoisotopic (exact) mass is 585 g/mol. The minimum absolute atomic E-state index is 0.271. The summed E-state index contributed by atoms with van der Waals surface area (Å²) in [4.78, 5) is 13.0. The Bertz CT molecular complexity index is 1570. The Morgan fingerprint density at radius 3 is 2.09 bits per heavy atom. The molecule has 228 valence electrons. The largest absolute Gasteiger partial charge is 0.297 e. The summed E-state index contributed by atoms with van der Waals surface area (Å²) >= 11 is 0. The number of nitrogens with zero attached hydrogens (tertiary/aromatic N) is 4. The van der Waals surface area contributed by atoms with E-state index in [0.717, 1.165) is 11.6 Å². The first-order chi connectivity index (χ1) is 21.9. The Balaban J connectivity index is 1.51. The summed E-state index contributed by atoms with van der Waals surface area (Å²) in [6.07, 6.45) is 25.6. The van der Waals surface area contributed by atoms with Crippen LogP contribution in [0.1, 0.15) is 108 Å². The molecule has 0 amide bonds. The lowest BCUT2D eigenvalue weighted by Crippen LogP contribution is -2.55. The lowest BCUT2D eigenvalue weighted by atomic mass is 9.58. The van der Waals surface area contributed by atoms with Crippen LogP contribution in [0.4, 0.5) is 5.95 Å². The Morgan fingerprint density at radius 1 is 0.659 bits per heavy atom. The molecule has 3 fully saturated rings. The minimum atomic E-state index is -0.271. The maximum atomic E-state index is 5.13. The molecule has 4 aromatic rings. The standard InChI is InChI=1S/C39H47N5/c1-2-7-21-31(20-6-1)39(33-23-12-19-28-14-10-11-22-32(28)33)36(30-17-4-3-5-18-30)35(29-15-8-9-16-29)37(34-24-27-42-43-34)44(39)38-40-25-13-26-41-38/h10-14,19,22-27,29-31,36H,1-9,15-18,20-21H2,(H,42,43). The zero-order valence-corrected chi connectivity index (χ0v) is 26.1. The van der Waals surface area contributed by atoms with Gasteiger partial charge in [-0.25, -0.2) is 9.97 Å². The number of aromatic nitrogens is 4. The van der Waals surface area contributed by atoms with Crippen LogP contribution in [0.25, 0.3) is 16.5 Å². The van der Waals surface area contributed by atoms with Gasteiger partial charge in [-0.05, 0) is 90.3 Å². The molecule has 2 aromatic heterocycles. The molecule has 3 saturated carbocycles. The molecule has 8 rings (SSSR count). The van der Waals surface area contributed by atoms with E-state index in [-0.39, 0.29) is 5.54 Å². The van der Waals surface area contributed by atoms with Crippen molar-refractivity contribution in [3.63, 3.8) is 0 Å². The van der Waals surface area contributed by atoms with E-state index in [9.17, 15) is 0 Å². The second-order valence-electron chi connectivity index (χ2n) is 14.1. The molecule has 1 aliphatic heterocycles. The molecule has 2 atom stereocenters. The second-order valence-corrected chi connectivity index (χ2v) is 14.1. The van der Waals surface area contributed by atoms with Crippen LogP contribution in [0.15, 0.2) is 78.8 Å². The third-order valence-electron chi connectivity index (χ3n) is 11.8. The summed E-state index contributed by atoms with van der Waals surface area (Å²) in [6, 6.07) is 20.5. The van der Waals surface area contributed by atoms with Gasteiger partial charge in [0.05, 0.1) is 16.9 Å². The fourth-order valence-electron chi connectivity index (χ4n) is 10.2. The number of fused-ring (bicyclic) bond motifs is 1. The minimum Gasteiger partial charge on any atom is -0.297 e. The average Bonchev–Trinajstić information content (AvgIpc) is 3.82. The fourth-order valence-corrected chi connectivity index (χ4v) is 10.2. The molecule has 5 heteroatoms. The van der Waals surface area contributed by atoms with Gasteiger partial charge in [0.15, 0.2) is 0 Å². The number of benzene rings is 2. The number of nitrogens with one attached hydrogen (secondary N) is 1. The van der Waals surface area contributed by atoms with Crippen LogP contribution in [-0.4, -0.2) is 20.2 Å². The predicted octanol–water partition coefficient (Wildman–Crippen LogP) is 9.84. The van der Waals surface area contributed by atoms with Gasteiger partial charge in [0.25, 0.3) is 0 Å². The molecule has 5 nitrogen and oxygen atoms in total. The highest BCUT2D eigenvalue weighted by Gasteiger charge is 2.62. The number of H-pyrrole nitrogens is 1. The van der Waals surface area contributed by atoms with Crippen LogP contribution < -0.4 is 4.90 Å². The van der Waals surface area contributed by atoms with Gasteiger partial charge >= 0.3 is 0 Å². The van der Waals surface area contributed by atoms with Gasteiger partial charge in [-0.2, -0.15) is 5.10 Å². The maximum Gasteiger partial charge on any atom is 0.230 e. The number of hydrogen-bond donors (Lipinski definition) is 1. The highest BCUT2D eigenvalue weighted by atomic mass is 15.3. The topological polar surface area (TPSA) is 57.7 Å². The van der Waals surface area contributed by atoms with Gasteiger partial charge in [-0.1, -0.05) is 100 Å². The summed E-state index contributed by atoms with van der Waals surface area (Å²) in [6.45, 7) is 0. The van der Waals surface area contributed by atoms with Crippen molar-refractivity contribution in [1.29, 1.82) is 0 Å². The fraction of sp³-hybridized carbons (Fsp3) is 0.513. The van der Waals surface area contributed by atoms with Crippen molar-refractivity contribution < 1.29 is 0 Å². The van der Waals surface area contributed by atoms with Crippen molar-refractivity contribution in [2.24, 2.45) is 23.7 Å². The van der Waals surface area contributed by atoms with Crippen LogP contribution >= 0.6 is 0 Å². The lowest BCUT2D eigenvalue weighted by Gasteiger charge is -2.53. The third-order valence-corrected chi connectivity index (χ3v) is 11.8. The Morgan fingerprint density at radius 2 is 1.34 bits per heavy atom. The van der Waals surface area contributed by atoms with Gasteiger partial charge < -0.3 is 0 Å². The summed E-state index contributed by atoms with van der Waals surface area (Å²) in [7, 11) is 0.